The minimum absolute atomic E-state index is 0.189. The SMILES string of the molecule is NC1CCCn2c1nc1c2CCCC1. The molecular formula is C11H17N3. The molecule has 2 aliphatic rings. The average Bonchev–Trinajstić information content (AvgIpc) is 2.59. The minimum atomic E-state index is 0.189. The Morgan fingerprint density at radius 1 is 1.21 bits per heavy atom. The number of hydrogen-bond donors (Lipinski definition) is 1. The first-order valence-electron chi connectivity index (χ1n) is 5.70. The van der Waals surface area contributed by atoms with E-state index in [1.165, 1.54) is 43.5 Å². The average molecular weight is 191 g/mol. The summed E-state index contributed by atoms with van der Waals surface area (Å²) in [5.41, 5.74) is 8.90. The van der Waals surface area contributed by atoms with Crippen LogP contribution in [-0.4, -0.2) is 9.55 Å². The smallest absolute Gasteiger partial charge is 0.126 e. The van der Waals surface area contributed by atoms with E-state index in [-0.39, 0.29) is 6.04 Å². The van der Waals surface area contributed by atoms with Crippen molar-refractivity contribution in [1.29, 1.82) is 0 Å². The van der Waals surface area contributed by atoms with Gasteiger partial charge in [-0.25, -0.2) is 4.98 Å². The predicted molar refractivity (Wildman–Crippen MR) is 55.0 cm³/mol. The van der Waals surface area contributed by atoms with Gasteiger partial charge in [-0.15, -0.1) is 0 Å². The number of fused-ring (bicyclic) bond motifs is 3. The lowest BCUT2D eigenvalue weighted by atomic mass is 10.0. The molecule has 1 atom stereocenters. The summed E-state index contributed by atoms with van der Waals surface area (Å²) >= 11 is 0. The Morgan fingerprint density at radius 2 is 2.07 bits per heavy atom. The van der Waals surface area contributed by atoms with Crippen LogP contribution in [-0.2, 0) is 19.4 Å². The summed E-state index contributed by atoms with van der Waals surface area (Å²) in [5.74, 6) is 1.16. The van der Waals surface area contributed by atoms with Gasteiger partial charge in [0.2, 0.25) is 0 Å². The molecule has 0 radical (unpaired) electrons. The lowest BCUT2D eigenvalue weighted by Crippen LogP contribution is -2.23. The van der Waals surface area contributed by atoms with Gasteiger partial charge in [-0.1, -0.05) is 0 Å². The molecule has 1 unspecified atom stereocenters. The fraction of sp³-hybridized carbons (Fsp3) is 0.727. The van der Waals surface area contributed by atoms with Crippen molar-refractivity contribution in [3.8, 4) is 0 Å². The molecule has 14 heavy (non-hydrogen) atoms. The Morgan fingerprint density at radius 3 is 3.00 bits per heavy atom. The van der Waals surface area contributed by atoms with Crippen molar-refractivity contribution in [2.75, 3.05) is 0 Å². The maximum atomic E-state index is 6.08. The summed E-state index contributed by atoms with van der Waals surface area (Å²) in [6.07, 6.45) is 7.34. The Labute approximate surface area is 84.3 Å². The summed E-state index contributed by atoms with van der Waals surface area (Å²) < 4.78 is 2.39. The summed E-state index contributed by atoms with van der Waals surface area (Å²) in [5, 5.41) is 0. The van der Waals surface area contributed by atoms with Crippen LogP contribution in [0.25, 0.3) is 0 Å². The van der Waals surface area contributed by atoms with Crippen LogP contribution in [0.3, 0.4) is 0 Å². The van der Waals surface area contributed by atoms with Gasteiger partial charge in [0.1, 0.15) is 5.82 Å². The van der Waals surface area contributed by atoms with Crippen LogP contribution in [0, 0.1) is 0 Å². The molecule has 0 amide bonds. The van der Waals surface area contributed by atoms with Crippen LogP contribution in [0.2, 0.25) is 0 Å². The summed E-state index contributed by atoms with van der Waals surface area (Å²) in [6.45, 7) is 1.14. The Kier molecular flexibility index (Phi) is 1.87. The molecular weight excluding hydrogens is 174 g/mol. The molecule has 3 heteroatoms. The molecule has 1 aliphatic heterocycles. The zero-order chi connectivity index (χ0) is 9.54. The molecule has 2 N–H and O–H groups in total. The molecule has 0 aromatic carbocycles. The Bertz CT molecular complexity index is 354. The van der Waals surface area contributed by atoms with Crippen LogP contribution in [0.4, 0.5) is 0 Å². The van der Waals surface area contributed by atoms with Crippen molar-refractivity contribution in [1.82, 2.24) is 9.55 Å². The summed E-state index contributed by atoms with van der Waals surface area (Å²) in [7, 11) is 0. The number of aromatic nitrogens is 2. The molecule has 1 aromatic heterocycles. The van der Waals surface area contributed by atoms with E-state index in [2.05, 4.69) is 4.57 Å². The quantitative estimate of drug-likeness (QED) is 0.676. The van der Waals surface area contributed by atoms with Crippen LogP contribution in [0.5, 0.6) is 0 Å². The predicted octanol–water partition coefficient (Wildman–Crippen LogP) is 1.56. The maximum absolute atomic E-state index is 6.08. The second kappa shape index (κ2) is 3.09. The molecule has 0 fully saturated rings. The number of imidazole rings is 1. The highest BCUT2D eigenvalue weighted by Crippen LogP contribution is 2.29. The van der Waals surface area contributed by atoms with Gasteiger partial charge < -0.3 is 10.3 Å². The van der Waals surface area contributed by atoms with Crippen molar-refractivity contribution < 1.29 is 0 Å². The van der Waals surface area contributed by atoms with E-state index in [0.717, 1.165) is 18.8 Å². The number of hydrogen-bond acceptors (Lipinski definition) is 2. The lowest BCUT2D eigenvalue weighted by molar-refractivity contribution is 0.440. The Balaban J connectivity index is 2.10. The van der Waals surface area contributed by atoms with E-state index in [4.69, 9.17) is 10.7 Å². The zero-order valence-electron chi connectivity index (χ0n) is 8.50. The number of nitrogens with two attached hydrogens (primary N) is 1. The summed E-state index contributed by atoms with van der Waals surface area (Å²) in [4.78, 5) is 4.71. The van der Waals surface area contributed by atoms with E-state index >= 15 is 0 Å². The van der Waals surface area contributed by atoms with Crippen LogP contribution >= 0.6 is 0 Å². The maximum Gasteiger partial charge on any atom is 0.126 e. The molecule has 0 bridgehead atoms. The fourth-order valence-electron chi connectivity index (χ4n) is 2.75. The highest BCUT2D eigenvalue weighted by atomic mass is 15.1. The van der Waals surface area contributed by atoms with Gasteiger partial charge in [-0.2, -0.15) is 0 Å². The van der Waals surface area contributed by atoms with Crippen molar-refractivity contribution in [2.45, 2.75) is 51.1 Å². The molecule has 3 rings (SSSR count). The van der Waals surface area contributed by atoms with Gasteiger partial charge in [-0.3, -0.25) is 0 Å². The van der Waals surface area contributed by atoms with Gasteiger partial charge in [-0.05, 0) is 38.5 Å². The lowest BCUT2D eigenvalue weighted by Gasteiger charge is -2.22. The number of aryl methyl sites for hydroxylation is 1. The molecule has 76 valence electrons. The number of nitrogens with zero attached hydrogens (tertiary/aromatic N) is 2. The highest BCUT2D eigenvalue weighted by molar-refractivity contribution is 5.22. The van der Waals surface area contributed by atoms with E-state index < -0.39 is 0 Å². The molecule has 3 nitrogen and oxygen atoms in total. The van der Waals surface area contributed by atoms with Crippen molar-refractivity contribution >= 4 is 0 Å². The number of rotatable bonds is 0. The van der Waals surface area contributed by atoms with Crippen LogP contribution in [0.1, 0.15) is 48.9 Å². The van der Waals surface area contributed by atoms with Gasteiger partial charge >= 0.3 is 0 Å². The highest BCUT2D eigenvalue weighted by Gasteiger charge is 2.25. The minimum Gasteiger partial charge on any atom is -0.330 e. The van der Waals surface area contributed by atoms with Crippen molar-refractivity contribution in [2.24, 2.45) is 5.73 Å². The third-order valence-corrected chi connectivity index (χ3v) is 3.49. The normalized spacial score (nSPS) is 25.6. The van der Waals surface area contributed by atoms with Gasteiger partial charge in [0.15, 0.2) is 0 Å². The Hall–Kier alpha value is -0.830. The van der Waals surface area contributed by atoms with Crippen molar-refractivity contribution in [3.63, 3.8) is 0 Å². The van der Waals surface area contributed by atoms with Crippen LogP contribution in [0.15, 0.2) is 0 Å². The van der Waals surface area contributed by atoms with E-state index in [1.807, 2.05) is 0 Å². The fourth-order valence-corrected chi connectivity index (χ4v) is 2.75. The van der Waals surface area contributed by atoms with E-state index in [9.17, 15) is 0 Å². The monoisotopic (exact) mass is 191 g/mol. The molecule has 1 aliphatic carbocycles. The van der Waals surface area contributed by atoms with Gasteiger partial charge in [0.05, 0.1) is 11.7 Å². The van der Waals surface area contributed by atoms with E-state index in [1.54, 1.807) is 0 Å². The molecule has 0 spiro atoms. The first-order valence-corrected chi connectivity index (χ1v) is 5.70. The second-order valence-electron chi connectivity index (χ2n) is 4.47. The largest absolute Gasteiger partial charge is 0.330 e. The molecule has 2 heterocycles. The first-order chi connectivity index (χ1) is 6.86. The standard InChI is InChI=1S/C11H17N3/c12-8-4-3-7-14-10-6-2-1-5-9(10)13-11(8)14/h8H,1-7,12H2. The third kappa shape index (κ3) is 1.12. The zero-order valence-corrected chi connectivity index (χ0v) is 8.50. The third-order valence-electron chi connectivity index (χ3n) is 3.49. The topological polar surface area (TPSA) is 43.8 Å². The van der Waals surface area contributed by atoms with Crippen LogP contribution < -0.4 is 5.73 Å². The van der Waals surface area contributed by atoms with Gasteiger partial charge in [0, 0.05) is 12.2 Å². The second-order valence-corrected chi connectivity index (χ2v) is 4.47. The van der Waals surface area contributed by atoms with Crippen molar-refractivity contribution in [3.05, 3.63) is 17.2 Å². The van der Waals surface area contributed by atoms with Gasteiger partial charge in [0.25, 0.3) is 0 Å². The van der Waals surface area contributed by atoms with E-state index in [0.29, 0.717) is 0 Å². The molecule has 1 aromatic rings. The molecule has 0 saturated carbocycles. The molecule has 0 saturated heterocycles. The summed E-state index contributed by atoms with van der Waals surface area (Å²) in [6, 6.07) is 0.189. The first kappa shape index (κ1) is 8.48.